The summed E-state index contributed by atoms with van der Waals surface area (Å²) in [7, 11) is 1.54. The Hall–Kier alpha value is 0.0969. The number of hydrogen-bond acceptors (Lipinski definition) is 3. The van der Waals surface area contributed by atoms with Gasteiger partial charge in [0.15, 0.2) is 0 Å². The molecule has 0 atom stereocenters. The van der Waals surface area contributed by atoms with Crippen LogP contribution in [0.3, 0.4) is 0 Å². The highest BCUT2D eigenvalue weighted by molar-refractivity contribution is 6.65. The van der Waals surface area contributed by atoms with Gasteiger partial charge in [0, 0.05) is 33.5 Å². The molecule has 0 fully saturated rings. The van der Waals surface area contributed by atoms with Crippen LogP contribution in [0.1, 0.15) is 19.8 Å². The second-order valence-corrected chi connectivity index (χ2v) is 6.84. The number of unbranched alkanes of at least 4 members (excludes halogenated alkanes) is 1. The summed E-state index contributed by atoms with van der Waals surface area (Å²) in [5.41, 5.74) is 0. The van der Waals surface area contributed by atoms with Gasteiger partial charge in [0.25, 0.3) is 0 Å². The quantitative estimate of drug-likeness (QED) is 0.450. The van der Waals surface area contributed by atoms with E-state index in [0.29, 0.717) is 0 Å². The molecule has 0 aromatic rings. The van der Waals surface area contributed by atoms with Crippen LogP contribution in [0.5, 0.6) is 0 Å². The summed E-state index contributed by atoms with van der Waals surface area (Å²) in [4.78, 5) is 0. The van der Waals surface area contributed by atoms with E-state index in [9.17, 15) is 0 Å². The van der Waals surface area contributed by atoms with Crippen LogP contribution in [0, 0.1) is 0 Å². The van der Waals surface area contributed by atoms with Crippen LogP contribution in [-0.4, -0.2) is 36.0 Å². The average Bonchev–Trinajstić information content (AvgIpc) is 2.17. The van der Waals surface area contributed by atoms with Gasteiger partial charge < -0.3 is 13.6 Å². The van der Waals surface area contributed by atoms with Gasteiger partial charge in [-0.3, -0.25) is 0 Å². The van der Waals surface area contributed by atoms with Gasteiger partial charge in [0.2, 0.25) is 0 Å². The topological polar surface area (TPSA) is 27.7 Å². The van der Waals surface area contributed by atoms with E-state index in [1.807, 2.05) is 0 Å². The van der Waals surface area contributed by atoms with Gasteiger partial charge in [-0.15, -0.1) is 0 Å². The smallest absolute Gasteiger partial charge is 0.336 e. The summed E-state index contributed by atoms with van der Waals surface area (Å²) in [6.45, 7) is 5.82. The second-order valence-electron chi connectivity index (χ2n) is 3.26. The van der Waals surface area contributed by atoms with Gasteiger partial charge >= 0.3 is 8.56 Å². The second kappa shape index (κ2) is 7.50. The molecule has 0 aliphatic rings. The normalized spacial score (nSPS) is 12.0. The molecule has 80 valence electrons. The fraction of sp³-hybridized carbons (Fsp3) is 1.00. The zero-order chi connectivity index (χ0) is 10.2. The lowest BCUT2D eigenvalue weighted by Crippen LogP contribution is -2.37. The third-order valence-electron chi connectivity index (χ3n) is 2.21. The van der Waals surface area contributed by atoms with Crippen molar-refractivity contribution in [2.24, 2.45) is 0 Å². The van der Waals surface area contributed by atoms with Crippen molar-refractivity contribution < 1.29 is 13.6 Å². The van der Waals surface area contributed by atoms with Gasteiger partial charge in [-0.05, 0) is 13.0 Å². The van der Waals surface area contributed by atoms with E-state index in [1.165, 1.54) is 6.42 Å². The molecule has 0 saturated heterocycles. The van der Waals surface area contributed by atoms with E-state index in [-0.39, 0.29) is 0 Å². The minimum atomic E-state index is -1.88. The van der Waals surface area contributed by atoms with Crippen LogP contribution in [0.2, 0.25) is 12.6 Å². The molecule has 0 heterocycles. The van der Waals surface area contributed by atoms with Crippen molar-refractivity contribution in [2.45, 2.75) is 32.4 Å². The fourth-order valence-corrected chi connectivity index (χ4v) is 1.98. The highest BCUT2D eigenvalue weighted by Gasteiger charge is 2.27. The molecule has 0 aliphatic heterocycles. The average molecular weight is 206 g/mol. The maximum Gasteiger partial charge on any atom is 0.336 e. The number of ether oxygens (including phenoxy) is 1. The Labute approximate surface area is 82.6 Å². The highest BCUT2D eigenvalue weighted by Crippen LogP contribution is 2.10. The summed E-state index contributed by atoms with van der Waals surface area (Å²) in [6.07, 6.45) is 2.32. The van der Waals surface area contributed by atoms with Crippen LogP contribution in [0.25, 0.3) is 0 Å². The number of rotatable bonds is 8. The first-order chi connectivity index (χ1) is 6.18. The van der Waals surface area contributed by atoms with Crippen molar-refractivity contribution in [2.75, 3.05) is 27.4 Å². The molecule has 0 rings (SSSR count). The molecule has 0 saturated carbocycles. The van der Waals surface area contributed by atoms with Crippen LogP contribution >= 0.6 is 0 Å². The van der Waals surface area contributed by atoms with Crippen molar-refractivity contribution in [3.8, 4) is 0 Å². The molecule has 0 aromatic carbocycles. The molecule has 4 heteroatoms. The molecule has 0 unspecified atom stereocenters. The molecule has 0 spiro atoms. The monoisotopic (exact) mass is 206 g/mol. The molecular formula is C9H22O3Si. The van der Waals surface area contributed by atoms with Gasteiger partial charge in [-0.2, -0.15) is 0 Å². The Balaban J connectivity index is 3.39. The first-order valence-corrected chi connectivity index (χ1v) is 7.39. The minimum Gasteiger partial charge on any atom is -0.398 e. The van der Waals surface area contributed by atoms with E-state index < -0.39 is 8.56 Å². The van der Waals surface area contributed by atoms with Crippen molar-refractivity contribution >= 4 is 8.56 Å². The predicted octanol–water partition coefficient (Wildman–Crippen LogP) is 2.17. The first-order valence-electron chi connectivity index (χ1n) is 4.86. The van der Waals surface area contributed by atoms with Crippen molar-refractivity contribution in [3.63, 3.8) is 0 Å². The van der Waals surface area contributed by atoms with E-state index in [4.69, 9.17) is 13.6 Å². The van der Waals surface area contributed by atoms with Crippen LogP contribution < -0.4 is 0 Å². The maximum atomic E-state index is 5.45. The molecule has 0 N–H and O–H groups in total. The molecule has 3 nitrogen and oxygen atoms in total. The molecule has 13 heavy (non-hydrogen) atoms. The van der Waals surface area contributed by atoms with E-state index >= 15 is 0 Å². The van der Waals surface area contributed by atoms with Gasteiger partial charge in [0.1, 0.15) is 0 Å². The molecule has 0 bridgehead atoms. The Kier molecular flexibility index (Phi) is 7.55. The van der Waals surface area contributed by atoms with Gasteiger partial charge in [-0.1, -0.05) is 13.3 Å². The summed E-state index contributed by atoms with van der Waals surface area (Å²) < 4.78 is 16.1. The summed E-state index contributed by atoms with van der Waals surface area (Å²) in [5, 5.41) is 0. The third-order valence-corrected chi connectivity index (χ3v) is 5.05. The van der Waals surface area contributed by atoms with E-state index in [2.05, 4.69) is 13.5 Å². The standard InChI is InChI=1S/C9H22O3Si/c1-5-6-7-12-8-9-13(4,10-2)11-3/h5-9H2,1-4H3. The summed E-state index contributed by atoms with van der Waals surface area (Å²) >= 11 is 0. The lowest BCUT2D eigenvalue weighted by molar-refractivity contribution is 0.133. The highest BCUT2D eigenvalue weighted by atomic mass is 28.4. The molecule has 0 aromatic heterocycles. The molecule has 0 radical (unpaired) electrons. The van der Waals surface area contributed by atoms with Crippen molar-refractivity contribution in [3.05, 3.63) is 0 Å². The molecule has 0 amide bonds. The van der Waals surface area contributed by atoms with Gasteiger partial charge in [0.05, 0.1) is 0 Å². The lowest BCUT2D eigenvalue weighted by Gasteiger charge is -2.22. The Morgan fingerprint density at radius 3 is 2.15 bits per heavy atom. The Morgan fingerprint density at radius 2 is 1.69 bits per heavy atom. The summed E-state index contributed by atoms with van der Waals surface area (Å²) in [5.74, 6) is 0. The van der Waals surface area contributed by atoms with Crippen molar-refractivity contribution in [1.29, 1.82) is 0 Å². The fourth-order valence-electron chi connectivity index (χ4n) is 0.893. The Bertz CT molecular complexity index is 115. The molecular weight excluding hydrogens is 184 g/mol. The van der Waals surface area contributed by atoms with E-state index in [1.54, 1.807) is 14.2 Å². The zero-order valence-corrected chi connectivity index (χ0v) is 10.3. The predicted molar refractivity (Wildman–Crippen MR) is 56.2 cm³/mol. The first kappa shape index (κ1) is 13.1. The molecule has 0 aliphatic carbocycles. The Morgan fingerprint density at radius 1 is 1.08 bits per heavy atom. The third kappa shape index (κ3) is 6.21. The van der Waals surface area contributed by atoms with Gasteiger partial charge in [-0.25, -0.2) is 0 Å². The van der Waals surface area contributed by atoms with Crippen LogP contribution in [0.15, 0.2) is 0 Å². The summed E-state index contributed by atoms with van der Waals surface area (Å²) in [6, 6.07) is 0.906. The number of hydrogen-bond donors (Lipinski definition) is 0. The van der Waals surface area contributed by atoms with Crippen LogP contribution in [-0.2, 0) is 13.6 Å². The van der Waals surface area contributed by atoms with E-state index in [0.717, 1.165) is 25.7 Å². The SMILES string of the molecule is CCCCOCC[Si](C)(OC)OC. The van der Waals surface area contributed by atoms with Crippen LogP contribution in [0.4, 0.5) is 0 Å². The largest absolute Gasteiger partial charge is 0.398 e. The minimum absolute atomic E-state index is 0.754. The maximum absolute atomic E-state index is 5.45. The van der Waals surface area contributed by atoms with Crippen molar-refractivity contribution in [1.82, 2.24) is 0 Å². The lowest BCUT2D eigenvalue weighted by atomic mass is 10.4. The zero-order valence-electron chi connectivity index (χ0n) is 9.26.